The number of para-hydroxylation sites is 2. The number of nitrogens with one attached hydrogen (secondary N) is 2. The highest BCUT2D eigenvalue weighted by Crippen LogP contribution is 2.15. The van der Waals surface area contributed by atoms with Gasteiger partial charge in [-0.15, -0.1) is 0 Å². The Kier molecular flexibility index (Phi) is 5.61. The molecule has 0 aliphatic carbocycles. The van der Waals surface area contributed by atoms with Crippen molar-refractivity contribution in [2.75, 3.05) is 6.54 Å². The number of hydrogen-bond donors (Lipinski definition) is 2. The SMILES string of the molecule is CC(C)n1nc(CC(=O)NCCCc2nc3ccccc3[nH]2)c2ccccc2c1=O. The first-order valence-electron chi connectivity index (χ1n) is 10.2. The number of aryl methyl sites for hydroxylation is 1. The molecular formula is C23H25N5O2. The van der Waals surface area contributed by atoms with Crippen LogP contribution in [0.5, 0.6) is 0 Å². The minimum atomic E-state index is -0.129. The summed E-state index contributed by atoms with van der Waals surface area (Å²) in [5, 5.41) is 8.75. The number of carbonyl (C=O) groups is 1. The van der Waals surface area contributed by atoms with Crippen LogP contribution in [0.3, 0.4) is 0 Å². The van der Waals surface area contributed by atoms with E-state index in [1.54, 1.807) is 6.07 Å². The number of benzene rings is 2. The molecule has 0 spiro atoms. The van der Waals surface area contributed by atoms with Crippen molar-refractivity contribution in [3.63, 3.8) is 0 Å². The van der Waals surface area contributed by atoms with Crippen molar-refractivity contribution in [1.29, 1.82) is 0 Å². The van der Waals surface area contributed by atoms with Gasteiger partial charge in [-0.1, -0.05) is 30.3 Å². The molecule has 4 aromatic rings. The molecule has 0 atom stereocenters. The molecule has 0 radical (unpaired) electrons. The summed E-state index contributed by atoms with van der Waals surface area (Å²) in [6, 6.07) is 15.2. The zero-order chi connectivity index (χ0) is 21.1. The first-order chi connectivity index (χ1) is 14.5. The van der Waals surface area contributed by atoms with Crippen molar-refractivity contribution < 1.29 is 4.79 Å². The summed E-state index contributed by atoms with van der Waals surface area (Å²) in [6.07, 6.45) is 1.68. The molecule has 2 aromatic heterocycles. The van der Waals surface area contributed by atoms with E-state index in [0.717, 1.165) is 35.1 Å². The third kappa shape index (κ3) is 4.10. The highest BCUT2D eigenvalue weighted by molar-refractivity contribution is 5.88. The predicted molar refractivity (Wildman–Crippen MR) is 118 cm³/mol. The summed E-state index contributed by atoms with van der Waals surface area (Å²) in [6.45, 7) is 4.37. The number of rotatable bonds is 7. The molecule has 7 heteroatoms. The number of aromatic amines is 1. The average Bonchev–Trinajstić information content (AvgIpc) is 3.16. The molecule has 2 aromatic carbocycles. The molecule has 0 unspecified atom stereocenters. The minimum Gasteiger partial charge on any atom is -0.356 e. The molecule has 0 aliphatic heterocycles. The van der Waals surface area contributed by atoms with E-state index in [1.807, 2.05) is 56.3 Å². The molecule has 0 bridgehead atoms. The van der Waals surface area contributed by atoms with Gasteiger partial charge in [0.15, 0.2) is 0 Å². The van der Waals surface area contributed by atoms with E-state index in [2.05, 4.69) is 20.4 Å². The van der Waals surface area contributed by atoms with E-state index in [-0.39, 0.29) is 23.9 Å². The van der Waals surface area contributed by atoms with Gasteiger partial charge < -0.3 is 10.3 Å². The zero-order valence-corrected chi connectivity index (χ0v) is 17.2. The normalized spacial score (nSPS) is 11.4. The summed E-state index contributed by atoms with van der Waals surface area (Å²) >= 11 is 0. The predicted octanol–water partition coefficient (Wildman–Crippen LogP) is 3.15. The fourth-order valence-electron chi connectivity index (χ4n) is 3.58. The lowest BCUT2D eigenvalue weighted by atomic mass is 10.1. The Labute approximate surface area is 174 Å². The third-order valence-electron chi connectivity index (χ3n) is 5.07. The number of aromatic nitrogens is 4. The van der Waals surface area contributed by atoms with Crippen LogP contribution in [0, 0.1) is 0 Å². The van der Waals surface area contributed by atoms with Crippen molar-refractivity contribution >= 4 is 27.7 Å². The Hall–Kier alpha value is -3.48. The molecule has 0 saturated carbocycles. The topological polar surface area (TPSA) is 92.7 Å². The van der Waals surface area contributed by atoms with Gasteiger partial charge in [-0.2, -0.15) is 5.10 Å². The number of amides is 1. The Morgan fingerprint density at radius 1 is 1.10 bits per heavy atom. The van der Waals surface area contributed by atoms with Crippen LogP contribution in [0.25, 0.3) is 21.8 Å². The number of nitrogens with zero attached hydrogens (tertiary/aromatic N) is 3. The molecule has 4 rings (SSSR count). The number of hydrogen-bond acceptors (Lipinski definition) is 4. The molecule has 2 heterocycles. The lowest BCUT2D eigenvalue weighted by molar-refractivity contribution is -0.120. The van der Waals surface area contributed by atoms with E-state index >= 15 is 0 Å². The maximum atomic E-state index is 12.6. The van der Waals surface area contributed by atoms with Crippen LogP contribution < -0.4 is 10.9 Å². The van der Waals surface area contributed by atoms with Gasteiger partial charge >= 0.3 is 0 Å². The van der Waals surface area contributed by atoms with Crippen LogP contribution in [0.1, 0.15) is 37.8 Å². The van der Waals surface area contributed by atoms with Crippen LogP contribution in [-0.4, -0.2) is 32.2 Å². The lowest BCUT2D eigenvalue weighted by Crippen LogP contribution is -2.30. The van der Waals surface area contributed by atoms with E-state index in [4.69, 9.17) is 0 Å². The molecule has 0 aliphatic rings. The fraction of sp³-hybridized carbons (Fsp3) is 0.304. The van der Waals surface area contributed by atoms with Gasteiger partial charge in [0.05, 0.1) is 34.6 Å². The third-order valence-corrected chi connectivity index (χ3v) is 5.07. The van der Waals surface area contributed by atoms with Crippen LogP contribution in [0.4, 0.5) is 0 Å². The molecule has 0 fully saturated rings. The first kappa shape index (κ1) is 19.8. The molecular weight excluding hydrogens is 378 g/mol. The quantitative estimate of drug-likeness (QED) is 0.464. The Morgan fingerprint density at radius 2 is 1.83 bits per heavy atom. The fourth-order valence-corrected chi connectivity index (χ4v) is 3.58. The van der Waals surface area contributed by atoms with Gasteiger partial charge in [-0.05, 0) is 38.5 Å². The van der Waals surface area contributed by atoms with E-state index in [9.17, 15) is 9.59 Å². The van der Waals surface area contributed by atoms with Crippen molar-refractivity contribution in [3.05, 3.63) is 70.4 Å². The summed E-state index contributed by atoms with van der Waals surface area (Å²) in [5.41, 5.74) is 2.47. The summed E-state index contributed by atoms with van der Waals surface area (Å²) in [4.78, 5) is 33.0. The average molecular weight is 403 g/mol. The van der Waals surface area contributed by atoms with Crippen LogP contribution >= 0.6 is 0 Å². The van der Waals surface area contributed by atoms with Gasteiger partial charge in [-0.3, -0.25) is 9.59 Å². The van der Waals surface area contributed by atoms with Crippen LogP contribution in [-0.2, 0) is 17.6 Å². The molecule has 0 saturated heterocycles. The Morgan fingerprint density at radius 3 is 2.60 bits per heavy atom. The van der Waals surface area contributed by atoms with Crippen molar-refractivity contribution in [3.8, 4) is 0 Å². The number of carbonyl (C=O) groups excluding carboxylic acids is 1. The monoisotopic (exact) mass is 403 g/mol. The van der Waals surface area contributed by atoms with Gasteiger partial charge in [0, 0.05) is 18.4 Å². The van der Waals surface area contributed by atoms with E-state index in [0.29, 0.717) is 17.6 Å². The summed E-state index contributed by atoms with van der Waals surface area (Å²) in [5.74, 6) is 0.813. The Balaban J connectivity index is 1.39. The standard InChI is InChI=1S/C23H25N5O2/c1-15(2)28-23(30)17-9-4-3-8-16(17)20(27-28)14-22(29)24-13-7-12-21-25-18-10-5-6-11-19(18)26-21/h3-6,8-11,15H,7,12-14H2,1-2H3,(H,24,29)(H,25,26). The van der Waals surface area contributed by atoms with E-state index in [1.165, 1.54) is 4.68 Å². The molecule has 154 valence electrons. The second kappa shape index (κ2) is 8.49. The van der Waals surface area contributed by atoms with Crippen molar-refractivity contribution in [1.82, 2.24) is 25.1 Å². The highest BCUT2D eigenvalue weighted by Gasteiger charge is 2.14. The number of H-pyrrole nitrogens is 1. The Bertz CT molecular complexity index is 1220. The molecule has 7 nitrogen and oxygen atoms in total. The highest BCUT2D eigenvalue weighted by atomic mass is 16.1. The largest absolute Gasteiger partial charge is 0.356 e. The maximum Gasteiger partial charge on any atom is 0.274 e. The summed E-state index contributed by atoms with van der Waals surface area (Å²) in [7, 11) is 0. The maximum absolute atomic E-state index is 12.6. The lowest BCUT2D eigenvalue weighted by Gasteiger charge is -2.13. The minimum absolute atomic E-state index is 0.0762. The van der Waals surface area contributed by atoms with Gasteiger partial charge in [0.2, 0.25) is 5.91 Å². The summed E-state index contributed by atoms with van der Waals surface area (Å²) < 4.78 is 1.45. The van der Waals surface area contributed by atoms with Crippen LogP contribution in [0.2, 0.25) is 0 Å². The first-order valence-corrected chi connectivity index (χ1v) is 10.2. The smallest absolute Gasteiger partial charge is 0.274 e. The van der Waals surface area contributed by atoms with E-state index < -0.39 is 0 Å². The van der Waals surface area contributed by atoms with Crippen molar-refractivity contribution in [2.24, 2.45) is 0 Å². The number of imidazole rings is 1. The molecule has 1 amide bonds. The number of fused-ring (bicyclic) bond motifs is 2. The second-order valence-electron chi connectivity index (χ2n) is 7.67. The van der Waals surface area contributed by atoms with Crippen LogP contribution in [0.15, 0.2) is 53.3 Å². The van der Waals surface area contributed by atoms with Gasteiger partial charge in [0.1, 0.15) is 5.82 Å². The van der Waals surface area contributed by atoms with Gasteiger partial charge in [-0.25, -0.2) is 9.67 Å². The van der Waals surface area contributed by atoms with Gasteiger partial charge in [0.25, 0.3) is 5.56 Å². The molecule has 30 heavy (non-hydrogen) atoms. The second-order valence-corrected chi connectivity index (χ2v) is 7.67. The molecule has 2 N–H and O–H groups in total. The van der Waals surface area contributed by atoms with Crippen molar-refractivity contribution in [2.45, 2.75) is 39.2 Å². The zero-order valence-electron chi connectivity index (χ0n) is 17.2.